The van der Waals surface area contributed by atoms with Gasteiger partial charge in [-0.3, -0.25) is 9.78 Å². The highest BCUT2D eigenvalue weighted by Crippen LogP contribution is 2.49. The molecule has 1 aliphatic carbocycles. The summed E-state index contributed by atoms with van der Waals surface area (Å²) in [6.07, 6.45) is 8.07. The number of amides is 1. The van der Waals surface area contributed by atoms with Crippen LogP contribution in [0.4, 0.5) is 0 Å². The minimum atomic E-state index is -3.11. The average molecular weight is 338 g/mol. The molecule has 2 fully saturated rings. The van der Waals surface area contributed by atoms with Crippen LogP contribution in [0.25, 0.3) is 0 Å². The number of aromatic nitrogens is 2. The summed E-state index contributed by atoms with van der Waals surface area (Å²) >= 11 is 0. The molecular formula is C15H22N4O3S. The third-order valence-corrected chi connectivity index (χ3v) is 7.13. The summed E-state index contributed by atoms with van der Waals surface area (Å²) in [5.41, 5.74) is 0.359. The zero-order valence-corrected chi connectivity index (χ0v) is 14.1. The molecule has 8 heteroatoms. The van der Waals surface area contributed by atoms with Crippen LogP contribution in [-0.2, 0) is 10.0 Å². The van der Waals surface area contributed by atoms with Crippen molar-refractivity contribution in [3.05, 3.63) is 24.3 Å². The Morgan fingerprint density at radius 2 is 2.09 bits per heavy atom. The molecule has 1 aromatic rings. The maximum Gasteiger partial charge on any atom is 0.271 e. The molecule has 0 aromatic carbocycles. The maximum atomic E-state index is 12.2. The molecule has 126 valence electrons. The molecule has 2 heterocycles. The second kappa shape index (κ2) is 6.16. The molecule has 7 nitrogen and oxygen atoms in total. The van der Waals surface area contributed by atoms with Gasteiger partial charge >= 0.3 is 0 Å². The van der Waals surface area contributed by atoms with Crippen LogP contribution >= 0.6 is 0 Å². The number of nitrogens with zero attached hydrogens (tertiary/aromatic N) is 3. The fourth-order valence-corrected chi connectivity index (χ4v) is 4.67. The van der Waals surface area contributed by atoms with Gasteiger partial charge in [-0.2, -0.15) is 0 Å². The highest BCUT2D eigenvalue weighted by atomic mass is 32.2. The maximum absolute atomic E-state index is 12.2. The molecule has 1 amide bonds. The summed E-state index contributed by atoms with van der Waals surface area (Å²) in [4.78, 5) is 20.2. The van der Waals surface area contributed by atoms with Crippen molar-refractivity contribution in [3.8, 4) is 0 Å². The van der Waals surface area contributed by atoms with E-state index in [2.05, 4.69) is 15.3 Å². The average Bonchev–Trinajstić information content (AvgIpc) is 2.59. The van der Waals surface area contributed by atoms with E-state index in [1.165, 1.54) is 18.6 Å². The van der Waals surface area contributed by atoms with Gasteiger partial charge in [0.2, 0.25) is 10.0 Å². The van der Waals surface area contributed by atoms with E-state index in [1.807, 2.05) is 0 Å². The predicted octanol–water partition coefficient (Wildman–Crippen LogP) is 0.801. The summed E-state index contributed by atoms with van der Waals surface area (Å²) in [5.74, 6) is -0.0573. The van der Waals surface area contributed by atoms with Crippen molar-refractivity contribution in [2.45, 2.75) is 38.6 Å². The molecule has 0 bridgehead atoms. The Labute approximate surface area is 136 Å². The van der Waals surface area contributed by atoms with Crippen molar-refractivity contribution in [2.24, 2.45) is 5.41 Å². The van der Waals surface area contributed by atoms with Gasteiger partial charge in [0.05, 0.1) is 11.9 Å². The highest BCUT2D eigenvalue weighted by molar-refractivity contribution is 7.89. The Morgan fingerprint density at radius 1 is 1.35 bits per heavy atom. The summed E-state index contributed by atoms with van der Waals surface area (Å²) in [6, 6.07) is 0.100. The summed E-state index contributed by atoms with van der Waals surface area (Å²) in [7, 11) is -3.11. The zero-order valence-electron chi connectivity index (χ0n) is 13.2. The van der Waals surface area contributed by atoms with Crippen LogP contribution in [0.2, 0.25) is 0 Å². The van der Waals surface area contributed by atoms with Gasteiger partial charge in [0.15, 0.2) is 0 Å². The van der Waals surface area contributed by atoms with Gasteiger partial charge < -0.3 is 5.32 Å². The van der Waals surface area contributed by atoms with Crippen molar-refractivity contribution in [1.29, 1.82) is 0 Å². The molecule has 3 rings (SSSR count). The van der Waals surface area contributed by atoms with Gasteiger partial charge in [-0.1, -0.05) is 0 Å². The minimum absolute atomic E-state index is 0.0393. The summed E-state index contributed by atoms with van der Waals surface area (Å²) < 4.78 is 25.5. The van der Waals surface area contributed by atoms with Gasteiger partial charge in [-0.25, -0.2) is 17.7 Å². The molecule has 1 saturated carbocycles. The quantitative estimate of drug-likeness (QED) is 0.877. The smallest absolute Gasteiger partial charge is 0.271 e. The lowest BCUT2D eigenvalue weighted by Gasteiger charge is -2.53. The molecule has 1 aromatic heterocycles. The molecule has 23 heavy (non-hydrogen) atoms. The van der Waals surface area contributed by atoms with E-state index in [0.29, 0.717) is 18.8 Å². The lowest BCUT2D eigenvalue weighted by atomic mass is 9.59. The zero-order chi connectivity index (χ0) is 16.5. The second-order valence-electron chi connectivity index (χ2n) is 6.32. The van der Waals surface area contributed by atoms with Crippen molar-refractivity contribution >= 4 is 15.9 Å². The van der Waals surface area contributed by atoms with E-state index < -0.39 is 10.0 Å². The molecule has 0 unspecified atom stereocenters. The third kappa shape index (κ3) is 3.10. The van der Waals surface area contributed by atoms with Gasteiger partial charge in [0.1, 0.15) is 5.69 Å². The standard InChI is InChI=1S/C15H22N4O3S/c1-2-23(21,22)19-9-5-15(6-10-19)4-3-13(15)18-14(20)12-11-16-7-8-17-12/h7-8,11,13H,2-6,9-10H2,1H3,(H,18,20)/t13-/m0/s1. The van der Waals surface area contributed by atoms with E-state index in [9.17, 15) is 13.2 Å². The second-order valence-corrected chi connectivity index (χ2v) is 8.57. The van der Waals surface area contributed by atoms with Crippen LogP contribution in [0.15, 0.2) is 18.6 Å². The number of carbonyl (C=O) groups excluding carboxylic acids is 1. The van der Waals surface area contributed by atoms with E-state index >= 15 is 0 Å². The SMILES string of the molecule is CCS(=O)(=O)N1CCC2(CC[C@@H]2NC(=O)c2cnccn2)CC1. The lowest BCUT2D eigenvalue weighted by Crippen LogP contribution is -2.59. The van der Waals surface area contributed by atoms with Gasteiger partial charge in [-0.05, 0) is 38.0 Å². The fraction of sp³-hybridized carbons (Fsp3) is 0.667. The van der Waals surface area contributed by atoms with E-state index in [1.54, 1.807) is 11.2 Å². The first kappa shape index (κ1) is 16.3. The first-order chi connectivity index (χ1) is 11.0. The minimum Gasteiger partial charge on any atom is -0.347 e. The molecule has 1 N–H and O–H groups in total. The molecule has 1 spiro atoms. The molecule has 1 saturated heterocycles. The molecule has 1 aliphatic heterocycles. The number of nitrogens with one attached hydrogen (secondary N) is 1. The number of hydrogen-bond acceptors (Lipinski definition) is 5. The Morgan fingerprint density at radius 3 is 2.61 bits per heavy atom. The van der Waals surface area contributed by atoms with Crippen LogP contribution in [0, 0.1) is 5.41 Å². The van der Waals surface area contributed by atoms with Crippen molar-refractivity contribution in [1.82, 2.24) is 19.6 Å². The Balaban J connectivity index is 1.61. The first-order valence-corrected chi connectivity index (χ1v) is 9.62. The number of piperidine rings is 1. The summed E-state index contributed by atoms with van der Waals surface area (Å²) in [6.45, 7) is 2.77. The number of hydrogen-bond donors (Lipinski definition) is 1. The Kier molecular flexibility index (Phi) is 4.37. The molecule has 2 aliphatic rings. The molecular weight excluding hydrogens is 316 g/mol. The van der Waals surface area contributed by atoms with Crippen LogP contribution in [0.5, 0.6) is 0 Å². The predicted molar refractivity (Wildman–Crippen MR) is 85.2 cm³/mol. The van der Waals surface area contributed by atoms with Gasteiger partial charge in [-0.15, -0.1) is 0 Å². The number of sulfonamides is 1. The van der Waals surface area contributed by atoms with Gasteiger partial charge in [0, 0.05) is 31.5 Å². The largest absolute Gasteiger partial charge is 0.347 e. The van der Waals surface area contributed by atoms with Crippen LogP contribution in [0.1, 0.15) is 43.1 Å². The van der Waals surface area contributed by atoms with Crippen LogP contribution in [0.3, 0.4) is 0 Å². The molecule has 1 atom stereocenters. The Hall–Kier alpha value is -1.54. The third-order valence-electron chi connectivity index (χ3n) is 5.25. The first-order valence-electron chi connectivity index (χ1n) is 8.01. The molecule has 0 radical (unpaired) electrons. The normalized spacial score (nSPS) is 24.1. The van der Waals surface area contributed by atoms with Crippen molar-refractivity contribution in [2.75, 3.05) is 18.8 Å². The number of rotatable bonds is 4. The lowest BCUT2D eigenvalue weighted by molar-refractivity contribution is 0.0125. The monoisotopic (exact) mass is 338 g/mol. The summed E-state index contributed by atoms with van der Waals surface area (Å²) in [5, 5.41) is 3.05. The van der Waals surface area contributed by atoms with Crippen LogP contribution in [-0.4, -0.2) is 53.5 Å². The van der Waals surface area contributed by atoms with Crippen molar-refractivity contribution < 1.29 is 13.2 Å². The van der Waals surface area contributed by atoms with Crippen LogP contribution < -0.4 is 5.32 Å². The Bertz CT molecular complexity index is 669. The number of carbonyl (C=O) groups is 1. The van der Waals surface area contributed by atoms with E-state index in [-0.39, 0.29) is 23.1 Å². The topological polar surface area (TPSA) is 92.3 Å². The fourth-order valence-electron chi connectivity index (χ4n) is 3.56. The van der Waals surface area contributed by atoms with Gasteiger partial charge in [0.25, 0.3) is 5.91 Å². The van der Waals surface area contributed by atoms with E-state index in [4.69, 9.17) is 0 Å². The highest BCUT2D eigenvalue weighted by Gasteiger charge is 2.49. The van der Waals surface area contributed by atoms with Crippen molar-refractivity contribution in [3.63, 3.8) is 0 Å². The van der Waals surface area contributed by atoms with E-state index in [0.717, 1.165) is 25.7 Å².